The number of ether oxygens (including phenoxy) is 3. The monoisotopic (exact) mass is 266 g/mol. The highest BCUT2D eigenvalue weighted by molar-refractivity contribution is 5.43. The Morgan fingerprint density at radius 2 is 2.00 bits per heavy atom. The molecule has 1 N–H and O–H groups in total. The quantitative estimate of drug-likeness (QED) is 0.859. The summed E-state index contributed by atoms with van der Waals surface area (Å²) >= 11 is 0. The van der Waals surface area contributed by atoms with Crippen molar-refractivity contribution in [3.63, 3.8) is 0 Å². The maximum absolute atomic E-state index is 10.4. The van der Waals surface area contributed by atoms with Gasteiger partial charge in [0.05, 0.1) is 25.9 Å². The van der Waals surface area contributed by atoms with E-state index in [1.165, 1.54) is 0 Å². The lowest BCUT2D eigenvalue weighted by molar-refractivity contribution is 0.0915. The number of rotatable bonds is 6. The Bertz CT molecular complexity index is 399. The molecule has 0 radical (unpaired) electrons. The van der Waals surface area contributed by atoms with Gasteiger partial charge in [0.15, 0.2) is 11.5 Å². The second-order valence-electron chi connectivity index (χ2n) is 4.64. The zero-order valence-electron chi connectivity index (χ0n) is 11.6. The van der Waals surface area contributed by atoms with Crippen LogP contribution < -0.4 is 9.47 Å². The molecule has 0 aromatic heterocycles. The number of hydrogen-bond donors (Lipinski definition) is 1. The Morgan fingerprint density at radius 1 is 1.26 bits per heavy atom. The molecule has 1 saturated heterocycles. The molecule has 1 aromatic rings. The zero-order chi connectivity index (χ0) is 13.7. The molecule has 4 nitrogen and oxygen atoms in total. The van der Waals surface area contributed by atoms with Crippen LogP contribution in [0.15, 0.2) is 18.2 Å². The summed E-state index contributed by atoms with van der Waals surface area (Å²) in [4.78, 5) is 0. The van der Waals surface area contributed by atoms with Crippen molar-refractivity contribution in [1.82, 2.24) is 0 Å². The molecule has 106 valence electrons. The molecule has 19 heavy (non-hydrogen) atoms. The van der Waals surface area contributed by atoms with Gasteiger partial charge >= 0.3 is 0 Å². The Balaban J connectivity index is 2.18. The van der Waals surface area contributed by atoms with Crippen molar-refractivity contribution in [2.75, 3.05) is 26.4 Å². The molecule has 1 aromatic carbocycles. The first-order chi connectivity index (χ1) is 9.26. The average Bonchev–Trinajstić information content (AvgIpc) is 2.94. The predicted octanol–water partition coefficient (Wildman–Crippen LogP) is 2.55. The van der Waals surface area contributed by atoms with Crippen molar-refractivity contribution in [2.24, 2.45) is 5.92 Å². The summed E-state index contributed by atoms with van der Waals surface area (Å²) in [6.45, 7) is 6.40. The molecule has 0 aliphatic carbocycles. The van der Waals surface area contributed by atoms with E-state index in [0.717, 1.165) is 24.3 Å². The molecule has 1 heterocycles. The van der Waals surface area contributed by atoms with Crippen molar-refractivity contribution in [3.8, 4) is 11.5 Å². The molecule has 1 fully saturated rings. The second-order valence-corrected chi connectivity index (χ2v) is 4.64. The molecule has 2 rings (SSSR count). The SMILES string of the molecule is CCOc1ccc(C(O)C2CCOC2)cc1OCC. The van der Waals surface area contributed by atoms with Crippen LogP contribution in [-0.4, -0.2) is 31.5 Å². The Morgan fingerprint density at radius 3 is 2.63 bits per heavy atom. The largest absolute Gasteiger partial charge is 0.490 e. The molecule has 2 unspecified atom stereocenters. The lowest BCUT2D eigenvalue weighted by Crippen LogP contribution is -2.12. The van der Waals surface area contributed by atoms with Crippen LogP contribution in [0, 0.1) is 5.92 Å². The number of hydrogen-bond acceptors (Lipinski definition) is 4. The third kappa shape index (κ3) is 3.39. The first-order valence-corrected chi connectivity index (χ1v) is 6.91. The van der Waals surface area contributed by atoms with Crippen LogP contribution in [0.5, 0.6) is 11.5 Å². The van der Waals surface area contributed by atoms with Gasteiger partial charge in [-0.05, 0) is 38.0 Å². The van der Waals surface area contributed by atoms with Crippen molar-refractivity contribution < 1.29 is 19.3 Å². The van der Waals surface area contributed by atoms with Crippen molar-refractivity contribution >= 4 is 0 Å². The van der Waals surface area contributed by atoms with Gasteiger partial charge < -0.3 is 19.3 Å². The van der Waals surface area contributed by atoms with Gasteiger partial charge in [0.1, 0.15) is 0 Å². The summed E-state index contributed by atoms with van der Waals surface area (Å²) in [6.07, 6.45) is 0.399. The molecule has 2 atom stereocenters. The third-order valence-corrected chi connectivity index (χ3v) is 3.32. The smallest absolute Gasteiger partial charge is 0.161 e. The van der Waals surface area contributed by atoms with E-state index in [0.29, 0.717) is 25.6 Å². The van der Waals surface area contributed by atoms with Gasteiger partial charge in [0, 0.05) is 12.5 Å². The number of aliphatic hydroxyl groups is 1. The van der Waals surface area contributed by atoms with Crippen LogP contribution in [0.4, 0.5) is 0 Å². The van der Waals surface area contributed by atoms with E-state index in [-0.39, 0.29) is 5.92 Å². The van der Waals surface area contributed by atoms with E-state index in [1.54, 1.807) is 0 Å². The molecule has 0 saturated carbocycles. The minimum absolute atomic E-state index is 0.174. The fourth-order valence-electron chi connectivity index (χ4n) is 2.33. The molecule has 0 spiro atoms. The lowest BCUT2D eigenvalue weighted by atomic mass is 9.95. The molecule has 4 heteroatoms. The van der Waals surface area contributed by atoms with Gasteiger partial charge in [-0.15, -0.1) is 0 Å². The fraction of sp³-hybridized carbons (Fsp3) is 0.600. The first kappa shape index (κ1) is 14.2. The second kappa shape index (κ2) is 6.78. The maximum Gasteiger partial charge on any atom is 0.161 e. The summed E-state index contributed by atoms with van der Waals surface area (Å²) < 4.78 is 16.4. The average molecular weight is 266 g/mol. The van der Waals surface area contributed by atoms with E-state index in [1.807, 2.05) is 32.0 Å². The van der Waals surface area contributed by atoms with Crippen LogP contribution in [0.2, 0.25) is 0 Å². The van der Waals surface area contributed by atoms with Crippen LogP contribution in [0.25, 0.3) is 0 Å². The minimum Gasteiger partial charge on any atom is -0.490 e. The Hall–Kier alpha value is -1.26. The van der Waals surface area contributed by atoms with Crippen LogP contribution in [-0.2, 0) is 4.74 Å². The summed E-state index contributed by atoms with van der Waals surface area (Å²) in [6, 6.07) is 5.64. The van der Waals surface area contributed by atoms with E-state index in [2.05, 4.69) is 0 Å². The third-order valence-electron chi connectivity index (χ3n) is 3.32. The standard InChI is InChI=1S/C15H22O4/c1-3-18-13-6-5-11(9-14(13)19-4-2)15(16)12-7-8-17-10-12/h5-6,9,12,15-16H,3-4,7-8,10H2,1-2H3. The van der Waals surface area contributed by atoms with Gasteiger partial charge in [-0.3, -0.25) is 0 Å². The fourth-order valence-corrected chi connectivity index (χ4v) is 2.33. The van der Waals surface area contributed by atoms with Gasteiger partial charge in [-0.1, -0.05) is 6.07 Å². The van der Waals surface area contributed by atoms with Crippen molar-refractivity contribution in [3.05, 3.63) is 23.8 Å². The van der Waals surface area contributed by atoms with E-state index in [9.17, 15) is 5.11 Å². The topological polar surface area (TPSA) is 47.9 Å². The number of benzene rings is 1. The molecule has 1 aliphatic heterocycles. The summed E-state index contributed by atoms with van der Waals surface area (Å²) in [5.74, 6) is 1.59. The van der Waals surface area contributed by atoms with Gasteiger partial charge in [-0.2, -0.15) is 0 Å². The summed E-state index contributed by atoms with van der Waals surface area (Å²) in [5, 5.41) is 10.4. The molecule has 0 bridgehead atoms. The van der Waals surface area contributed by atoms with Crippen molar-refractivity contribution in [1.29, 1.82) is 0 Å². The first-order valence-electron chi connectivity index (χ1n) is 6.91. The molecule has 0 amide bonds. The van der Waals surface area contributed by atoms with Gasteiger partial charge in [0.2, 0.25) is 0 Å². The highest BCUT2D eigenvalue weighted by atomic mass is 16.5. The maximum atomic E-state index is 10.4. The Labute approximate surface area is 114 Å². The van der Waals surface area contributed by atoms with Crippen LogP contribution in [0.1, 0.15) is 31.9 Å². The lowest BCUT2D eigenvalue weighted by Gasteiger charge is -2.19. The summed E-state index contributed by atoms with van der Waals surface area (Å²) in [7, 11) is 0. The van der Waals surface area contributed by atoms with Gasteiger partial charge in [-0.25, -0.2) is 0 Å². The summed E-state index contributed by atoms with van der Waals surface area (Å²) in [5.41, 5.74) is 0.863. The normalized spacial score (nSPS) is 20.3. The highest BCUT2D eigenvalue weighted by Gasteiger charge is 2.26. The van der Waals surface area contributed by atoms with E-state index < -0.39 is 6.10 Å². The van der Waals surface area contributed by atoms with Crippen molar-refractivity contribution in [2.45, 2.75) is 26.4 Å². The molecular weight excluding hydrogens is 244 g/mol. The van der Waals surface area contributed by atoms with Gasteiger partial charge in [0.25, 0.3) is 0 Å². The molecular formula is C15H22O4. The van der Waals surface area contributed by atoms with E-state index >= 15 is 0 Å². The van der Waals surface area contributed by atoms with Crippen LogP contribution >= 0.6 is 0 Å². The Kier molecular flexibility index (Phi) is 5.05. The number of aliphatic hydroxyl groups excluding tert-OH is 1. The van der Waals surface area contributed by atoms with E-state index in [4.69, 9.17) is 14.2 Å². The molecule has 1 aliphatic rings. The minimum atomic E-state index is -0.502. The van der Waals surface area contributed by atoms with Crippen LogP contribution in [0.3, 0.4) is 0 Å². The zero-order valence-corrected chi connectivity index (χ0v) is 11.6. The highest BCUT2D eigenvalue weighted by Crippen LogP contribution is 2.34. The predicted molar refractivity (Wildman–Crippen MR) is 72.7 cm³/mol.